The van der Waals surface area contributed by atoms with Crippen molar-refractivity contribution in [3.05, 3.63) is 27.1 Å². The monoisotopic (exact) mass is 406 g/mol. The first-order chi connectivity index (χ1) is 9.20. The van der Waals surface area contributed by atoms with Gasteiger partial charge in [0.25, 0.3) is 0 Å². The highest BCUT2D eigenvalue weighted by Gasteiger charge is 2.37. The number of nitrogens with zero attached hydrogens (tertiary/aromatic N) is 1. The molecule has 0 heterocycles. The van der Waals surface area contributed by atoms with Crippen LogP contribution in [0.3, 0.4) is 0 Å². The summed E-state index contributed by atoms with van der Waals surface area (Å²) >= 11 is 6.67. The topological polar surface area (TPSA) is 69.6 Å². The van der Waals surface area contributed by atoms with Gasteiger partial charge in [0.05, 0.1) is 5.69 Å². The Morgan fingerprint density at radius 2 is 1.95 bits per heavy atom. The number of carbonyl (C=O) groups excluding carboxylic acids is 1. The lowest BCUT2D eigenvalue weighted by Crippen LogP contribution is -2.54. The molecule has 0 aliphatic rings. The molecule has 0 saturated carbocycles. The number of aliphatic carboxylic acids is 1. The van der Waals surface area contributed by atoms with Crippen LogP contribution < -0.4 is 5.32 Å². The maximum Gasteiger partial charge on any atom is 0.329 e. The van der Waals surface area contributed by atoms with Gasteiger partial charge in [-0.1, -0.05) is 15.9 Å². The number of carboxylic acid groups (broad SMARTS) is 1. The largest absolute Gasteiger partial charge is 0.480 e. The van der Waals surface area contributed by atoms with Crippen molar-refractivity contribution in [1.29, 1.82) is 0 Å². The predicted octanol–water partition coefficient (Wildman–Crippen LogP) is 3.93. The fourth-order valence-corrected chi connectivity index (χ4v) is 2.83. The van der Waals surface area contributed by atoms with E-state index < -0.39 is 17.5 Å². The third-order valence-corrected chi connectivity index (χ3v) is 4.08. The van der Waals surface area contributed by atoms with Gasteiger partial charge in [0.15, 0.2) is 0 Å². The van der Waals surface area contributed by atoms with Gasteiger partial charge in [0.1, 0.15) is 5.54 Å². The van der Waals surface area contributed by atoms with Crippen LogP contribution in [0.5, 0.6) is 0 Å². The quantitative estimate of drug-likeness (QED) is 0.794. The van der Waals surface area contributed by atoms with Crippen molar-refractivity contribution in [2.75, 3.05) is 11.9 Å². The molecule has 0 aliphatic carbocycles. The van der Waals surface area contributed by atoms with Gasteiger partial charge in [-0.25, -0.2) is 9.59 Å². The van der Waals surface area contributed by atoms with Crippen molar-refractivity contribution in [1.82, 2.24) is 4.90 Å². The molecule has 0 saturated heterocycles. The van der Waals surface area contributed by atoms with E-state index in [1.54, 1.807) is 25.1 Å². The molecule has 2 amide bonds. The molecule has 20 heavy (non-hydrogen) atoms. The lowest BCUT2D eigenvalue weighted by Gasteiger charge is -2.34. The molecule has 0 bridgehead atoms. The fraction of sp³-hybridized carbons (Fsp3) is 0.385. The summed E-state index contributed by atoms with van der Waals surface area (Å²) in [6.45, 7) is 5.02. The number of nitrogens with one attached hydrogen (secondary N) is 1. The molecule has 1 rings (SSSR count). The van der Waals surface area contributed by atoms with E-state index in [1.165, 1.54) is 18.7 Å². The van der Waals surface area contributed by atoms with Crippen LogP contribution in [-0.4, -0.2) is 34.1 Å². The lowest BCUT2D eigenvalue weighted by atomic mass is 10.0. The summed E-state index contributed by atoms with van der Waals surface area (Å²) in [6.07, 6.45) is 0. The van der Waals surface area contributed by atoms with Gasteiger partial charge in [0.2, 0.25) is 0 Å². The number of anilines is 1. The maximum absolute atomic E-state index is 12.3. The van der Waals surface area contributed by atoms with Gasteiger partial charge in [-0.15, -0.1) is 0 Å². The molecular weight excluding hydrogens is 392 g/mol. The Bertz CT molecular complexity index is 532. The van der Waals surface area contributed by atoms with Crippen molar-refractivity contribution in [3.8, 4) is 0 Å². The minimum Gasteiger partial charge on any atom is -0.480 e. The highest BCUT2D eigenvalue weighted by atomic mass is 79.9. The average Bonchev–Trinajstić information content (AvgIpc) is 2.33. The number of hydrogen-bond acceptors (Lipinski definition) is 2. The molecule has 5 nitrogen and oxygen atoms in total. The van der Waals surface area contributed by atoms with E-state index in [-0.39, 0.29) is 0 Å². The van der Waals surface area contributed by atoms with Crippen molar-refractivity contribution in [3.63, 3.8) is 0 Å². The van der Waals surface area contributed by atoms with Crippen molar-refractivity contribution < 1.29 is 14.7 Å². The van der Waals surface area contributed by atoms with Crippen LogP contribution in [0.25, 0.3) is 0 Å². The van der Waals surface area contributed by atoms with E-state index in [4.69, 9.17) is 0 Å². The Morgan fingerprint density at radius 3 is 2.40 bits per heavy atom. The first-order valence-corrected chi connectivity index (χ1v) is 7.55. The molecule has 0 radical (unpaired) electrons. The van der Waals surface area contributed by atoms with Crippen LogP contribution in [0.2, 0.25) is 0 Å². The highest BCUT2D eigenvalue weighted by Crippen LogP contribution is 2.27. The van der Waals surface area contributed by atoms with Gasteiger partial charge in [-0.05, 0) is 54.9 Å². The Balaban J connectivity index is 2.96. The first kappa shape index (κ1) is 17.0. The predicted molar refractivity (Wildman–Crippen MR) is 85.0 cm³/mol. The van der Waals surface area contributed by atoms with E-state index in [0.29, 0.717) is 16.7 Å². The molecule has 0 fully saturated rings. The van der Waals surface area contributed by atoms with E-state index in [9.17, 15) is 14.7 Å². The first-order valence-electron chi connectivity index (χ1n) is 5.97. The molecule has 1 aromatic rings. The van der Waals surface area contributed by atoms with Crippen molar-refractivity contribution in [2.24, 2.45) is 0 Å². The molecule has 1 aromatic carbocycles. The average molecular weight is 408 g/mol. The molecule has 0 atom stereocenters. The third-order valence-electron chi connectivity index (χ3n) is 2.93. The maximum atomic E-state index is 12.3. The van der Waals surface area contributed by atoms with Gasteiger partial charge < -0.3 is 15.3 Å². The number of urea groups is 1. The summed E-state index contributed by atoms with van der Waals surface area (Å²) in [5.41, 5.74) is -0.696. The second kappa shape index (κ2) is 6.58. The Kier molecular flexibility index (Phi) is 5.59. The molecular formula is C13H16Br2N2O3. The number of rotatable bonds is 4. The van der Waals surface area contributed by atoms with E-state index >= 15 is 0 Å². The second-order valence-electron chi connectivity index (χ2n) is 4.66. The summed E-state index contributed by atoms with van der Waals surface area (Å²) < 4.78 is 1.59. The summed E-state index contributed by atoms with van der Waals surface area (Å²) in [7, 11) is 0. The highest BCUT2D eigenvalue weighted by molar-refractivity contribution is 9.11. The normalized spacial score (nSPS) is 11.1. The van der Waals surface area contributed by atoms with Crippen LogP contribution in [0.1, 0.15) is 20.8 Å². The fourth-order valence-electron chi connectivity index (χ4n) is 1.68. The van der Waals surface area contributed by atoms with Crippen LogP contribution in [-0.2, 0) is 4.79 Å². The Hall–Kier alpha value is -1.08. The van der Waals surface area contributed by atoms with Crippen LogP contribution in [0, 0.1) is 0 Å². The van der Waals surface area contributed by atoms with Crippen molar-refractivity contribution in [2.45, 2.75) is 26.3 Å². The number of benzene rings is 1. The Labute approximate surface area is 134 Å². The minimum absolute atomic E-state index is 0.291. The summed E-state index contributed by atoms with van der Waals surface area (Å²) in [5, 5.41) is 11.9. The van der Waals surface area contributed by atoms with Crippen molar-refractivity contribution >= 4 is 49.5 Å². The smallest absolute Gasteiger partial charge is 0.329 e. The molecule has 110 valence electrons. The van der Waals surface area contributed by atoms with Crippen LogP contribution in [0.4, 0.5) is 10.5 Å². The summed E-state index contributed by atoms with van der Waals surface area (Å²) in [6, 6.07) is 4.86. The van der Waals surface area contributed by atoms with E-state index in [2.05, 4.69) is 37.2 Å². The zero-order valence-electron chi connectivity index (χ0n) is 11.4. The summed E-state index contributed by atoms with van der Waals surface area (Å²) in [5.74, 6) is -1.05. The van der Waals surface area contributed by atoms with E-state index in [0.717, 1.165) is 4.47 Å². The molecule has 0 aliphatic heterocycles. The molecule has 7 heteroatoms. The van der Waals surface area contributed by atoms with Crippen LogP contribution in [0.15, 0.2) is 27.1 Å². The standard InChI is InChI=1S/C13H16Br2N2O3/c1-4-17(13(2,3)11(18)19)12(20)16-10-6-5-8(14)7-9(10)15/h5-7H,4H2,1-3H3,(H,16,20)(H,18,19). The number of carbonyl (C=O) groups is 2. The number of carboxylic acids is 1. The molecule has 0 aromatic heterocycles. The minimum atomic E-state index is -1.28. The number of amides is 2. The molecule has 2 N–H and O–H groups in total. The van der Waals surface area contributed by atoms with Gasteiger partial charge >= 0.3 is 12.0 Å². The Morgan fingerprint density at radius 1 is 1.35 bits per heavy atom. The van der Waals surface area contributed by atoms with Gasteiger partial charge in [-0.2, -0.15) is 0 Å². The lowest BCUT2D eigenvalue weighted by molar-refractivity contribution is -0.147. The zero-order chi connectivity index (χ0) is 15.5. The summed E-state index contributed by atoms with van der Waals surface area (Å²) in [4.78, 5) is 24.8. The van der Waals surface area contributed by atoms with Crippen LogP contribution >= 0.6 is 31.9 Å². The third kappa shape index (κ3) is 3.73. The molecule has 0 spiro atoms. The number of halogens is 2. The number of hydrogen-bond donors (Lipinski definition) is 2. The second-order valence-corrected chi connectivity index (χ2v) is 6.43. The van der Waals surface area contributed by atoms with Gasteiger partial charge in [0, 0.05) is 15.5 Å². The zero-order valence-corrected chi connectivity index (χ0v) is 14.6. The molecule has 0 unspecified atom stereocenters. The SMILES string of the molecule is CCN(C(=O)Nc1ccc(Br)cc1Br)C(C)(C)C(=O)O. The number of likely N-dealkylation sites (N-methyl/N-ethyl adjacent to an activating group) is 1. The van der Waals surface area contributed by atoms with E-state index in [1.807, 2.05) is 0 Å². The van der Waals surface area contributed by atoms with Gasteiger partial charge in [-0.3, -0.25) is 0 Å².